The molecule has 0 bridgehead atoms. The number of hydrogen-bond acceptors (Lipinski definition) is 0. The fourth-order valence-corrected chi connectivity index (χ4v) is 3.64. The molecule has 2 aromatic carbocycles. The van der Waals surface area contributed by atoms with Gasteiger partial charge >= 0.3 is 0 Å². The zero-order chi connectivity index (χ0) is 11.0. The minimum Gasteiger partial charge on any atom is -0.0723 e. The molecule has 2 unspecified atom stereocenters. The van der Waals surface area contributed by atoms with E-state index in [4.69, 9.17) is 0 Å². The van der Waals surface area contributed by atoms with Crippen molar-refractivity contribution in [3.05, 3.63) is 65.2 Å². The van der Waals surface area contributed by atoms with Crippen LogP contribution in [0.1, 0.15) is 29.0 Å². The van der Waals surface area contributed by atoms with Gasteiger partial charge in [0.1, 0.15) is 0 Å². The molecule has 1 saturated carbocycles. The molecule has 2 aromatic rings. The Morgan fingerprint density at radius 2 is 1.65 bits per heavy atom. The maximum absolute atomic E-state index is 2.52. The molecule has 2 atom stereocenters. The highest BCUT2D eigenvalue weighted by Crippen LogP contribution is 2.60. The van der Waals surface area contributed by atoms with Crippen LogP contribution in [-0.4, -0.2) is 0 Å². The van der Waals surface area contributed by atoms with Crippen LogP contribution in [0.5, 0.6) is 0 Å². The Balaban J connectivity index is 1.98. The Bertz CT molecular complexity index is 691. The summed E-state index contributed by atoms with van der Waals surface area (Å²) in [7, 11) is 0. The molecule has 17 heavy (non-hydrogen) atoms. The largest absolute Gasteiger partial charge is 0.0723 e. The van der Waals surface area contributed by atoms with E-state index >= 15 is 0 Å². The summed E-state index contributed by atoms with van der Waals surface area (Å²) in [4.78, 5) is 0. The summed E-state index contributed by atoms with van der Waals surface area (Å²) in [5, 5.41) is 0. The third-order valence-electron chi connectivity index (χ3n) is 4.49. The Labute approximate surface area is 101 Å². The molecule has 3 aliphatic carbocycles. The molecule has 3 aliphatic rings. The van der Waals surface area contributed by atoms with Crippen LogP contribution in [0.4, 0.5) is 0 Å². The van der Waals surface area contributed by atoms with Gasteiger partial charge in [-0.1, -0.05) is 48.5 Å². The quantitative estimate of drug-likeness (QED) is 0.528. The van der Waals surface area contributed by atoms with Crippen LogP contribution >= 0.6 is 0 Å². The maximum Gasteiger partial charge on any atom is -0.00669 e. The Morgan fingerprint density at radius 3 is 2.59 bits per heavy atom. The van der Waals surface area contributed by atoms with Crippen molar-refractivity contribution in [2.45, 2.75) is 12.3 Å². The van der Waals surface area contributed by atoms with Gasteiger partial charge < -0.3 is 0 Å². The number of rotatable bonds is 0. The van der Waals surface area contributed by atoms with Gasteiger partial charge in [0.25, 0.3) is 0 Å². The summed E-state index contributed by atoms with van der Waals surface area (Å²) in [5.41, 5.74) is 8.96. The molecule has 80 valence electrons. The minimum absolute atomic E-state index is 0.818. The van der Waals surface area contributed by atoms with Gasteiger partial charge in [-0.3, -0.25) is 0 Å². The van der Waals surface area contributed by atoms with E-state index in [1.807, 2.05) is 0 Å². The number of benzene rings is 2. The Hall–Kier alpha value is -1.82. The van der Waals surface area contributed by atoms with Gasteiger partial charge in [0.2, 0.25) is 0 Å². The average molecular weight is 216 g/mol. The van der Waals surface area contributed by atoms with Crippen LogP contribution in [0.2, 0.25) is 0 Å². The van der Waals surface area contributed by atoms with Gasteiger partial charge in [-0.05, 0) is 51.6 Å². The lowest BCUT2D eigenvalue weighted by molar-refractivity contribution is 0.992. The first kappa shape index (κ1) is 8.30. The monoisotopic (exact) mass is 216 g/mol. The van der Waals surface area contributed by atoms with Crippen molar-refractivity contribution in [3.63, 3.8) is 0 Å². The molecule has 0 saturated heterocycles. The highest BCUT2D eigenvalue weighted by molar-refractivity contribution is 6.03. The first-order valence-electron chi connectivity index (χ1n) is 6.38. The highest BCUT2D eigenvalue weighted by Gasteiger charge is 2.44. The number of allylic oxidation sites excluding steroid dienone is 1. The van der Waals surface area contributed by atoms with Crippen molar-refractivity contribution in [1.82, 2.24) is 0 Å². The Kier molecular flexibility index (Phi) is 1.24. The second kappa shape index (κ2) is 2.53. The molecular weight excluding hydrogens is 204 g/mol. The number of fused-ring (bicyclic) bond motifs is 5. The summed E-state index contributed by atoms with van der Waals surface area (Å²) < 4.78 is 0. The SMILES string of the molecule is C1=C2c3ccccc3-c3cccc(c32)C2CC12. The van der Waals surface area contributed by atoms with E-state index in [1.54, 1.807) is 5.56 Å². The molecule has 0 N–H and O–H groups in total. The van der Waals surface area contributed by atoms with E-state index in [2.05, 4.69) is 48.5 Å². The van der Waals surface area contributed by atoms with Gasteiger partial charge in [0.15, 0.2) is 0 Å². The number of hydrogen-bond donors (Lipinski definition) is 0. The van der Waals surface area contributed by atoms with Crippen molar-refractivity contribution in [2.75, 3.05) is 0 Å². The van der Waals surface area contributed by atoms with Crippen LogP contribution in [-0.2, 0) is 0 Å². The van der Waals surface area contributed by atoms with Gasteiger partial charge in [-0.15, -0.1) is 0 Å². The molecule has 0 radical (unpaired) electrons. The molecule has 0 aromatic heterocycles. The van der Waals surface area contributed by atoms with Crippen LogP contribution in [0.15, 0.2) is 48.5 Å². The summed E-state index contributed by atoms with van der Waals surface area (Å²) in [6, 6.07) is 15.7. The second-order valence-corrected chi connectivity index (χ2v) is 5.40. The smallest absolute Gasteiger partial charge is 0.00669 e. The predicted octanol–water partition coefficient (Wildman–Crippen LogP) is 4.22. The van der Waals surface area contributed by atoms with Crippen molar-refractivity contribution >= 4 is 5.57 Å². The van der Waals surface area contributed by atoms with E-state index in [0.717, 1.165) is 11.8 Å². The van der Waals surface area contributed by atoms with E-state index in [-0.39, 0.29) is 0 Å². The van der Waals surface area contributed by atoms with Crippen LogP contribution in [0, 0.1) is 5.92 Å². The van der Waals surface area contributed by atoms with Crippen molar-refractivity contribution in [3.8, 4) is 11.1 Å². The lowest BCUT2D eigenvalue weighted by atomic mass is 9.90. The minimum atomic E-state index is 0.818. The lowest BCUT2D eigenvalue weighted by Crippen LogP contribution is -1.96. The zero-order valence-electron chi connectivity index (χ0n) is 9.48. The molecule has 0 aliphatic heterocycles. The van der Waals surface area contributed by atoms with E-state index < -0.39 is 0 Å². The standard InChI is InChI=1S/C17H12/c1-2-5-12-11(4-1)13-6-3-7-14-15-8-10(15)9-16(12)17(13)14/h1-7,9-10,15H,8H2. The van der Waals surface area contributed by atoms with E-state index in [1.165, 1.54) is 34.2 Å². The van der Waals surface area contributed by atoms with Gasteiger partial charge in [0, 0.05) is 0 Å². The topological polar surface area (TPSA) is 0 Å². The van der Waals surface area contributed by atoms with Crippen LogP contribution < -0.4 is 0 Å². The van der Waals surface area contributed by atoms with E-state index in [0.29, 0.717) is 0 Å². The molecule has 1 fully saturated rings. The molecule has 0 spiro atoms. The fourth-order valence-electron chi connectivity index (χ4n) is 3.64. The third kappa shape index (κ3) is 0.870. The molecule has 0 amide bonds. The summed E-state index contributed by atoms with van der Waals surface area (Å²) >= 11 is 0. The van der Waals surface area contributed by atoms with E-state index in [9.17, 15) is 0 Å². The highest BCUT2D eigenvalue weighted by atomic mass is 14.5. The van der Waals surface area contributed by atoms with Crippen molar-refractivity contribution < 1.29 is 0 Å². The zero-order valence-corrected chi connectivity index (χ0v) is 9.48. The lowest BCUT2D eigenvalue weighted by Gasteiger charge is -2.14. The molecule has 0 heterocycles. The van der Waals surface area contributed by atoms with Crippen LogP contribution in [0.25, 0.3) is 16.7 Å². The summed E-state index contributed by atoms with van der Waals surface area (Å²) in [6.45, 7) is 0. The first-order valence-corrected chi connectivity index (χ1v) is 6.38. The second-order valence-electron chi connectivity index (χ2n) is 5.40. The Morgan fingerprint density at radius 1 is 0.824 bits per heavy atom. The molecular formula is C17H12. The molecule has 0 heteroatoms. The third-order valence-corrected chi connectivity index (χ3v) is 4.49. The summed E-state index contributed by atoms with van der Waals surface area (Å²) in [6.07, 6.45) is 3.88. The van der Waals surface area contributed by atoms with Crippen LogP contribution in [0.3, 0.4) is 0 Å². The van der Waals surface area contributed by atoms with Gasteiger partial charge in [0.05, 0.1) is 0 Å². The maximum atomic E-state index is 2.52. The van der Waals surface area contributed by atoms with Crippen molar-refractivity contribution in [1.29, 1.82) is 0 Å². The van der Waals surface area contributed by atoms with Gasteiger partial charge in [-0.2, -0.15) is 0 Å². The van der Waals surface area contributed by atoms with Gasteiger partial charge in [-0.25, -0.2) is 0 Å². The fraction of sp³-hybridized carbons (Fsp3) is 0.176. The molecule has 5 rings (SSSR count). The van der Waals surface area contributed by atoms with Crippen molar-refractivity contribution in [2.24, 2.45) is 5.92 Å². The summed E-state index contributed by atoms with van der Waals surface area (Å²) in [5.74, 6) is 1.64. The molecule has 0 nitrogen and oxygen atoms in total. The predicted molar refractivity (Wildman–Crippen MR) is 69.8 cm³/mol. The first-order chi connectivity index (χ1) is 8.43. The normalized spacial score (nSPS) is 25.8. The average Bonchev–Trinajstić information content (AvgIpc) is 3.10.